The third kappa shape index (κ3) is 4.79. The zero-order valence-electron chi connectivity index (χ0n) is 15.2. The summed E-state index contributed by atoms with van der Waals surface area (Å²) >= 11 is 1.22. The summed E-state index contributed by atoms with van der Waals surface area (Å²) in [7, 11) is 0. The Bertz CT molecular complexity index is 907. The van der Waals surface area contributed by atoms with E-state index in [-0.39, 0.29) is 18.3 Å². The van der Waals surface area contributed by atoms with E-state index in [1.54, 1.807) is 0 Å². The molecule has 0 atom stereocenters. The van der Waals surface area contributed by atoms with Crippen molar-refractivity contribution in [3.05, 3.63) is 65.5 Å². The van der Waals surface area contributed by atoms with Gasteiger partial charge in [-0.3, -0.25) is 4.79 Å². The predicted molar refractivity (Wildman–Crippen MR) is 106 cm³/mol. The maximum Gasteiger partial charge on any atom is 0.234 e. The first-order chi connectivity index (χ1) is 13.0. The lowest BCUT2D eigenvalue weighted by molar-refractivity contribution is -0.113. The van der Waals surface area contributed by atoms with E-state index < -0.39 is 0 Å². The van der Waals surface area contributed by atoms with Gasteiger partial charge in [0, 0.05) is 5.69 Å². The van der Waals surface area contributed by atoms with Gasteiger partial charge in [-0.2, -0.15) is 0 Å². The van der Waals surface area contributed by atoms with Gasteiger partial charge in [-0.25, -0.2) is 4.68 Å². The number of ether oxygens (including phenoxy) is 1. The Hall–Kier alpha value is -3.00. The summed E-state index contributed by atoms with van der Waals surface area (Å²) in [6.45, 7) is 4.18. The van der Waals surface area contributed by atoms with Gasteiger partial charge in [0.25, 0.3) is 0 Å². The van der Waals surface area contributed by atoms with Crippen LogP contribution < -0.4 is 15.9 Å². The molecule has 0 unspecified atom stereocenters. The Kier molecular flexibility index (Phi) is 5.97. The number of hydrogen-bond acceptors (Lipinski definition) is 6. The van der Waals surface area contributed by atoms with Crippen LogP contribution in [0.4, 0.5) is 5.69 Å². The van der Waals surface area contributed by atoms with Crippen molar-refractivity contribution < 1.29 is 9.53 Å². The number of anilines is 1. The number of nitrogen functional groups attached to an aromatic ring is 1. The van der Waals surface area contributed by atoms with Gasteiger partial charge in [-0.05, 0) is 37.1 Å². The van der Waals surface area contributed by atoms with Crippen molar-refractivity contribution in [3.8, 4) is 5.75 Å². The van der Waals surface area contributed by atoms with Crippen LogP contribution >= 0.6 is 11.8 Å². The van der Waals surface area contributed by atoms with Gasteiger partial charge in [0.2, 0.25) is 11.1 Å². The van der Waals surface area contributed by atoms with Gasteiger partial charge in [-0.1, -0.05) is 48.2 Å². The van der Waals surface area contributed by atoms with Gasteiger partial charge < -0.3 is 15.9 Å². The van der Waals surface area contributed by atoms with Crippen LogP contribution in [0.15, 0.2) is 53.7 Å². The first-order valence-electron chi connectivity index (χ1n) is 8.40. The van der Waals surface area contributed by atoms with Crippen LogP contribution in [0.2, 0.25) is 0 Å². The molecule has 3 rings (SSSR count). The smallest absolute Gasteiger partial charge is 0.234 e. The lowest BCUT2D eigenvalue weighted by atomic mass is 10.1. The molecule has 0 radical (unpaired) electrons. The highest BCUT2D eigenvalue weighted by molar-refractivity contribution is 7.99. The monoisotopic (exact) mass is 383 g/mol. The molecule has 0 spiro atoms. The molecule has 27 heavy (non-hydrogen) atoms. The van der Waals surface area contributed by atoms with Crippen molar-refractivity contribution >= 4 is 23.4 Å². The molecule has 1 aromatic heterocycles. The molecule has 0 aliphatic rings. The van der Waals surface area contributed by atoms with E-state index >= 15 is 0 Å². The molecule has 0 aliphatic heterocycles. The third-order valence-electron chi connectivity index (χ3n) is 3.88. The van der Waals surface area contributed by atoms with Crippen LogP contribution in [-0.4, -0.2) is 26.5 Å². The fourth-order valence-electron chi connectivity index (χ4n) is 2.52. The van der Waals surface area contributed by atoms with E-state index in [2.05, 4.69) is 15.5 Å². The summed E-state index contributed by atoms with van der Waals surface area (Å²) < 4.78 is 7.22. The predicted octanol–water partition coefficient (Wildman–Crippen LogP) is 2.92. The molecule has 3 aromatic rings. The van der Waals surface area contributed by atoms with E-state index in [0.29, 0.717) is 11.0 Å². The highest BCUT2D eigenvalue weighted by Gasteiger charge is 2.14. The molecule has 0 aliphatic carbocycles. The first kappa shape index (κ1) is 18.8. The summed E-state index contributed by atoms with van der Waals surface area (Å²) in [5, 5.41) is 11.4. The molecule has 8 heteroatoms. The van der Waals surface area contributed by atoms with Crippen LogP contribution in [0.5, 0.6) is 5.75 Å². The van der Waals surface area contributed by atoms with E-state index in [9.17, 15) is 4.79 Å². The largest absolute Gasteiger partial charge is 0.485 e. The molecule has 0 saturated carbocycles. The number of nitrogens with zero attached hydrogens (tertiary/aromatic N) is 3. The van der Waals surface area contributed by atoms with Gasteiger partial charge in [0.15, 0.2) is 5.82 Å². The Morgan fingerprint density at radius 3 is 2.52 bits per heavy atom. The summed E-state index contributed by atoms with van der Waals surface area (Å²) in [4.78, 5) is 12.0. The van der Waals surface area contributed by atoms with Crippen LogP contribution in [0.1, 0.15) is 17.0 Å². The van der Waals surface area contributed by atoms with Gasteiger partial charge in [-0.15, -0.1) is 10.2 Å². The lowest BCUT2D eigenvalue weighted by Crippen LogP contribution is -2.18. The van der Waals surface area contributed by atoms with Crippen LogP contribution in [0, 0.1) is 13.8 Å². The van der Waals surface area contributed by atoms with Crippen LogP contribution in [0.25, 0.3) is 0 Å². The van der Waals surface area contributed by atoms with Crippen LogP contribution in [-0.2, 0) is 11.4 Å². The molecule has 1 heterocycles. The Morgan fingerprint density at radius 1 is 1.11 bits per heavy atom. The molecule has 140 valence electrons. The molecule has 7 nitrogen and oxygen atoms in total. The Morgan fingerprint density at radius 2 is 1.81 bits per heavy atom. The summed E-state index contributed by atoms with van der Waals surface area (Å²) in [5.74, 6) is 7.39. The van der Waals surface area contributed by atoms with E-state index in [1.165, 1.54) is 16.4 Å². The fraction of sp³-hybridized carbons (Fsp3) is 0.211. The summed E-state index contributed by atoms with van der Waals surface area (Å²) in [6.07, 6.45) is 0. The highest BCUT2D eigenvalue weighted by atomic mass is 32.2. The van der Waals surface area contributed by atoms with Crippen molar-refractivity contribution in [2.24, 2.45) is 0 Å². The van der Waals surface area contributed by atoms with Crippen LogP contribution in [0.3, 0.4) is 0 Å². The fourth-order valence-corrected chi connectivity index (χ4v) is 3.19. The molecular weight excluding hydrogens is 362 g/mol. The standard InChI is InChI=1S/C19H21N5O2S/c1-13-7-6-8-14(2)18(13)26-11-16-22-23-19(24(16)20)27-12-17(25)21-15-9-4-3-5-10-15/h3-10H,11-12,20H2,1-2H3,(H,21,25). The zero-order chi connectivity index (χ0) is 19.2. The average molecular weight is 383 g/mol. The van der Waals surface area contributed by atoms with Crippen molar-refractivity contribution in [1.82, 2.24) is 14.9 Å². The maximum atomic E-state index is 12.0. The average Bonchev–Trinajstić information content (AvgIpc) is 3.00. The topological polar surface area (TPSA) is 95.1 Å². The SMILES string of the molecule is Cc1cccc(C)c1OCc1nnc(SCC(=O)Nc2ccccc2)n1N. The second-order valence-corrected chi connectivity index (χ2v) is 6.92. The second kappa shape index (κ2) is 8.59. The first-order valence-corrected chi connectivity index (χ1v) is 9.39. The number of amides is 1. The van der Waals surface area contributed by atoms with Gasteiger partial charge >= 0.3 is 0 Å². The number of hydrogen-bond donors (Lipinski definition) is 2. The van der Waals surface area contributed by atoms with Crippen molar-refractivity contribution in [2.45, 2.75) is 25.6 Å². The minimum atomic E-state index is -0.137. The number of benzene rings is 2. The van der Waals surface area contributed by atoms with Gasteiger partial charge in [0.1, 0.15) is 12.4 Å². The molecular formula is C19H21N5O2S. The third-order valence-corrected chi connectivity index (χ3v) is 4.82. The molecule has 0 saturated heterocycles. The summed E-state index contributed by atoms with van der Waals surface area (Å²) in [5.41, 5.74) is 2.84. The molecule has 0 bridgehead atoms. The highest BCUT2D eigenvalue weighted by Crippen LogP contribution is 2.23. The van der Waals surface area contributed by atoms with E-state index in [4.69, 9.17) is 10.6 Å². The maximum absolute atomic E-state index is 12.0. The number of aryl methyl sites for hydroxylation is 2. The minimum absolute atomic E-state index is 0.137. The number of nitrogens with two attached hydrogens (primary N) is 1. The Labute approximate surface area is 161 Å². The number of thioether (sulfide) groups is 1. The lowest BCUT2D eigenvalue weighted by Gasteiger charge is -2.11. The van der Waals surface area contributed by atoms with Crippen molar-refractivity contribution in [2.75, 3.05) is 16.9 Å². The number of carbonyl (C=O) groups is 1. The van der Waals surface area contributed by atoms with E-state index in [0.717, 1.165) is 22.6 Å². The zero-order valence-corrected chi connectivity index (χ0v) is 16.0. The minimum Gasteiger partial charge on any atom is -0.485 e. The summed E-state index contributed by atoms with van der Waals surface area (Å²) in [6, 6.07) is 15.2. The molecule has 1 amide bonds. The van der Waals surface area contributed by atoms with Crippen molar-refractivity contribution in [1.29, 1.82) is 0 Å². The second-order valence-electron chi connectivity index (χ2n) is 5.98. The number of nitrogens with one attached hydrogen (secondary N) is 1. The van der Waals surface area contributed by atoms with Crippen molar-refractivity contribution in [3.63, 3.8) is 0 Å². The Balaban J connectivity index is 1.56. The number of para-hydroxylation sites is 2. The quantitative estimate of drug-likeness (QED) is 0.481. The molecule has 3 N–H and O–H groups in total. The molecule has 0 fully saturated rings. The van der Waals surface area contributed by atoms with E-state index in [1.807, 2.05) is 62.4 Å². The van der Waals surface area contributed by atoms with Gasteiger partial charge in [0.05, 0.1) is 5.75 Å². The molecule has 2 aromatic carbocycles. The number of carbonyl (C=O) groups excluding carboxylic acids is 1. The number of aromatic nitrogens is 3. The normalized spacial score (nSPS) is 10.6. The number of rotatable bonds is 7.